The van der Waals surface area contributed by atoms with Crippen molar-refractivity contribution in [1.29, 1.82) is 0 Å². The van der Waals surface area contributed by atoms with Crippen LogP contribution in [-0.4, -0.2) is 15.9 Å². The summed E-state index contributed by atoms with van der Waals surface area (Å²) >= 11 is 5.02. The van der Waals surface area contributed by atoms with Gasteiger partial charge >= 0.3 is 0 Å². The molecule has 1 amide bonds. The number of aromatic amines is 2. The van der Waals surface area contributed by atoms with Gasteiger partial charge in [-0.1, -0.05) is 38.1 Å². The van der Waals surface area contributed by atoms with Gasteiger partial charge in [-0.05, 0) is 59.8 Å². The van der Waals surface area contributed by atoms with Gasteiger partial charge in [0.05, 0.1) is 16.9 Å². The lowest BCUT2D eigenvalue weighted by atomic mass is 9.71. The number of benzene rings is 2. The van der Waals surface area contributed by atoms with Crippen molar-refractivity contribution in [1.82, 2.24) is 15.3 Å². The van der Waals surface area contributed by atoms with Crippen LogP contribution in [0, 0.1) is 4.77 Å². The zero-order chi connectivity index (χ0) is 19.2. The SMILES string of the molecule is CC1(C)CC[C@@H](NC(=O)c2ccc3c(=O)[nH]c(=S)[nH]c3c2)c2ccccc21. The molecule has 1 aliphatic rings. The summed E-state index contributed by atoms with van der Waals surface area (Å²) in [5.41, 5.74) is 3.37. The third-order valence-corrected chi connectivity index (χ3v) is 5.63. The van der Waals surface area contributed by atoms with Gasteiger partial charge in [-0.2, -0.15) is 0 Å². The number of H-pyrrole nitrogens is 2. The Hall–Kier alpha value is -2.73. The van der Waals surface area contributed by atoms with Gasteiger partial charge in [0.15, 0.2) is 4.77 Å². The van der Waals surface area contributed by atoms with Gasteiger partial charge in [-0.25, -0.2) is 0 Å². The average Bonchev–Trinajstić information content (AvgIpc) is 2.63. The summed E-state index contributed by atoms with van der Waals surface area (Å²) in [7, 11) is 0. The molecular formula is C21H21N3O2S. The number of nitrogens with one attached hydrogen (secondary N) is 3. The standard InChI is InChI=1S/C21H21N3O2S/c1-21(2)10-9-16(13-5-3-4-6-15(13)21)22-18(25)12-7-8-14-17(11-12)23-20(27)24-19(14)26/h3-8,11,16H,9-10H2,1-2H3,(H,22,25)(H2,23,24,26,27)/t16-/m1/s1. The summed E-state index contributed by atoms with van der Waals surface area (Å²) in [6.07, 6.45) is 1.90. The van der Waals surface area contributed by atoms with Gasteiger partial charge in [-0.15, -0.1) is 0 Å². The molecule has 2 aromatic carbocycles. The minimum Gasteiger partial charge on any atom is -0.345 e. The highest BCUT2D eigenvalue weighted by Gasteiger charge is 2.33. The topological polar surface area (TPSA) is 77.8 Å². The second-order valence-corrected chi connectivity index (χ2v) is 8.11. The van der Waals surface area contributed by atoms with Crippen LogP contribution in [0.15, 0.2) is 47.3 Å². The van der Waals surface area contributed by atoms with E-state index in [2.05, 4.69) is 41.3 Å². The highest BCUT2D eigenvalue weighted by Crippen LogP contribution is 2.41. The molecule has 1 atom stereocenters. The summed E-state index contributed by atoms with van der Waals surface area (Å²) in [6, 6.07) is 13.3. The number of amides is 1. The lowest BCUT2D eigenvalue weighted by Gasteiger charge is -2.37. The van der Waals surface area contributed by atoms with Gasteiger partial charge in [0.1, 0.15) is 0 Å². The van der Waals surface area contributed by atoms with Crippen molar-refractivity contribution < 1.29 is 4.79 Å². The van der Waals surface area contributed by atoms with E-state index in [1.807, 2.05) is 12.1 Å². The number of carbonyl (C=O) groups is 1. The highest BCUT2D eigenvalue weighted by molar-refractivity contribution is 7.71. The Kier molecular flexibility index (Phi) is 4.23. The first-order valence-electron chi connectivity index (χ1n) is 9.02. The second kappa shape index (κ2) is 6.46. The molecule has 5 nitrogen and oxygen atoms in total. The number of rotatable bonds is 2. The van der Waals surface area contributed by atoms with Crippen LogP contribution in [-0.2, 0) is 5.41 Å². The molecule has 6 heteroatoms. The van der Waals surface area contributed by atoms with Crippen LogP contribution in [0.1, 0.15) is 54.2 Å². The Balaban J connectivity index is 1.66. The van der Waals surface area contributed by atoms with Crippen LogP contribution in [0.25, 0.3) is 10.9 Å². The van der Waals surface area contributed by atoms with Crippen molar-refractivity contribution in [3.8, 4) is 0 Å². The summed E-state index contributed by atoms with van der Waals surface area (Å²) < 4.78 is 0.244. The highest BCUT2D eigenvalue weighted by atomic mass is 32.1. The van der Waals surface area contributed by atoms with Crippen LogP contribution in [0.3, 0.4) is 0 Å². The molecule has 0 aliphatic heterocycles. The zero-order valence-electron chi connectivity index (χ0n) is 15.3. The maximum absolute atomic E-state index is 12.9. The fourth-order valence-electron chi connectivity index (χ4n) is 3.91. The number of hydrogen-bond donors (Lipinski definition) is 3. The van der Waals surface area contributed by atoms with Crippen LogP contribution in [0.5, 0.6) is 0 Å². The van der Waals surface area contributed by atoms with Crippen LogP contribution < -0.4 is 10.9 Å². The molecule has 0 spiro atoms. The molecule has 138 valence electrons. The quantitative estimate of drug-likeness (QED) is 0.586. The van der Waals surface area contributed by atoms with E-state index < -0.39 is 0 Å². The molecule has 1 heterocycles. The largest absolute Gasteiger partial charge is 0.345 e. The summed E-state index contributed by atoms with van der Waals surface area (Å²) in [4.78, 5) is 30.3. The molecule has 27 heavy (non-hydrogen) atoms. The van der Waals surface area contributed by atoms with E-state index in [1.54, 1.807) is 18.2 Å². The van der Waals surface area contributed by atoms with Crippen LogP contribution >= 0.6 is 12.2 Å². The maximum Gasteiger partial charge on any atom is 0.259 e. The summed E-state index contributed by atoms with van der Waals surface area (Å²) in [5.74, 6) is -0.156. The van der Waals surface area contributed by atoms with E-state index in [9.17, 15) is 9.59 Å². The van der Waals surface area contributed by atoms with E-state index in [4.69, 9.17) is 12.2 Å². The summed E-state index contributed by atoms with van der Waals surface area (Å²) in [6.45, 7) is 4.49. The zero-order valence-corrected chi connectivity index (χ0v) is 16.1. The molecule has 0 fully saturated rings. The number of carbonyl (C=O) groups excluding carboxylic acids is 1. The fraction of sp³-hybridized carbons (Fsp3) is 0.286. The Labute approximate surface area is 161 Å². The van der Waals surface area contributed by atoms with Gasteiger partial charge in [0.2, 0.25) is 0 Å². The van der Waals surface area contributed by atoms with Crippen LogP contribution in [0.2, 0.25) is 0 Å². The number of hydrogen-bond acceptors (Lipinski definition) is 3. The van der Waals surface area contributed by atoms with Crippen molar-refractivity contribution in [3.63, 3.8) is 0 Å². The Morgan fingerprint density at radius 1 is 1.19 bits per heavy atom. The van der Waals surface area contributed by atoms with E-state index in [1.165, 1.54) is 11.1 Å². The molecule has 4 rings (SSSR count). The van der Waals surface area contributed by atoms with E-state index in [-0.39, 0.29) is 27.7 Å². The lowest BCUT2D eigenvalue weighted by molar-refractivity contribution is 0.0929. The number of aromatic nitrogens is 2. The molecule has 0 bridgehead atoms. The van der Waals surface area contributed by atoms with Crippen molar-refractivity contribution in [2.24, 2.45) is 0 Å². The Bertz CT molecular complexity index is 1160. The normalized spacial score (nSPS) is 18.1. The first-order valence-corrected chi connectivity index (χ1v) is 9.43. The average molecular weight is 379 g/mol. The van der Waals surface area contributed by atoms with Gasteiger partial charge in [0, 0.05) is 5.56 Å². The van der Waals surface area contributed by atoms with Gasteiger partial charge in [-0.3, -0.25) is 14.6 Å². The number of fused-ring (bicyclic) bond motifs is 2. The van der Waals surface area contributed by atoms with Crippen LogP contribution in [0.4, 0.5) is 0 Å². The molecule has 3 aromatic rings. The maximum atomic E-state index is 12.9. The van der Waals surface area contributed by atoms with E-state index in [0.717, 1.165) is 12.8 Å². The van der Waals surface area contributed by atoms with E-state index in [0.29, 0.717) is 16.5 Å². The molecule has 1 aliphatic carbocycles. The Morgan fingerprint density at radius 2 is 1.96 bits per heavy atom. The van der Waals surface area contributed by atoms with Gasteiger partial charge in [0.25, 0.3) is 11.5 Å². The van der Waals surface area contributed by atoms with Crippen molar-refractivity contribution in [2.45, 2.75) is 38.1 Å². The first kappa shape index (κ1) is 17.7. The third-order valence-electron chi connectivity index (χ3n) is 5.43. The molecule has 0 unspecified atom stereocenters. The minimum atomic E-state index is -0.260. The van der Waals surface area contributed by atoms with E-state index >= 15 is 0 Å². The Morgan fingerprint density at radius 3 is 2.78 bits per heavy atom. The smallest absolute Gasteiger partial charge is 0.259 e. The molecular weight excluding hydrogens is 358 g/mol. The van der Waals surface area contributed by atoms with Gasteiger partial charge < -0.3 is 10.3 Å². The van der Waals surface area contributed by atoms with Crippen molar-refractivity contribution >= 4 is 29.0 Å². The third kappa shape index (κ3) is 3.21. The molecule has 0 radical (unpaired) electrons. The second-order valence-electron chi connectivity index (χ2n) is 7.70. The molecule has 1 aromatic heterocycles. The predicted molar refractivity (Wildman–Crippen MR) is 109 cm³/mol. The molecule has 0 saturated carbocycles. The predicted octanol–water partition coefficient (Wildman–Crippen LogP) is 4.13. The first-order chi connectivity index (χ1) is 12.8. The summed E-state index contributed by atoms with van der Waals surface area (Å²) in [5, 5.41) is 3.64. The van der Waals surface area contributed by atoms with Crippen molar-refractivity contribution in [3.05, 3.63) is 74.3 Å². The minimum absolute atomic E-state index is 0.0184. The molecule has 0 saturated heterocycles. The fourth-order valence-corrected chi connectivity index (χ4v) is 4.12. The lowest BCUT2D eigenvalue weighted by Crippen LogP contribution is -2.35. The van der Waals surface area contributed by atoms with Crippen molar-refractivity contribution in [2.75, 3.05) is 0 Å². The molecule has 3 N–H and O–H groups in total. The monoisotopic (exact) mass is 379 g/mol.